The second-order valence-electron chi connectivity index (χ2n) is 10.1. The van der Waals surface area contributed by atoms with Crippen LogP contribution in [0.5, 0.6) is 0 Å². The summed E-state index contributed by atoms with van der Waals surface area (Å²) in [4.78, 5) is 2.47. The standard InChI is InChI=1S/C23H47FN2O2Si/c1-11-20(15-28-7)22(16(2)12-13-27)26(6)23(19(5)29(8,9)10)18(4)17(3)14-21(24)25/h11,16-20,22-23,25,27H,1,12-15H2,2-10H3/t16?,17?,18-,19-,20?,22?,23+/m1/s1. The van der Waals surface area contributed by atoms with Crippen LogP contribution in [0.2, 0.25) is 25.2 Å². The molecule has 0 saturated carbocycles. The Bertz CT molecular complexity index is 498. The van der Waals surface area contributed by atoms with Crippen molar-refractivity contribution in [1.82, 2.24) is 4.90 Å². The van der Waals surface area contributed by atoms with E-state index >= 15 is 0 Å². The molecule has 0 aliphatic heterocycles. The largest absolute Gasteiger partial charge is 0.396 e. The molecule has 2 N–H and O–H groups in total. The smallest absolute Gasteiger partial charge is 0.181 e. The predicted molar refractivity (Wildman–Crippen MR) is 126 cm³/mol. The van der Waals surface area contributed by atoms with Crippen LogP contribution in [0.3, 0.4) is 0 Å². The Morgan fingerprint density at radius 3 is 2.10 bits per heavy atom. The van der Waals surface area contributed by atoms with Crippen LogP contribution < -0.4 is 0 Å². The topological polar surface area (TPSA) is 56.6 Å². The van der Waals surface area contributed by atoms with Gasteiger partial charge < -0.3 is 9.84 Å². The number of rotatable bonds is 15. The molecule has 0 rings (SSSR count). The predicted octanol–water partition coefficient (Wildman–Crippen LogP) is 5.46. The molecule has 0 spiro atoms. The van der Waals surface area contributed by atoms with Crippen molar-refractivity contribution in [3.63, 3.8) is 0 Å². The molecule has 0 radical (unpaired) electrons. The molecule has 4 nitrogen and oxygen atoms in total. The Morgan fingerprint density at radius 2 is 1.72 bits per heavy atom. The van der Waals surface area contributed by atoms with Gasteiger partial charge in [0, 0.05) is 46.2 Å². The first-order chi connectivity index (χ1) is 13.3. The van der Waals surface area contributed by atoms with Crippen LogP contribution in [0.25, 0.3) is 0 Å². The highest BCUT2D eigenvalue weighted by Crippen LogP contribution is 2.39. The maximum atomic E-state index is 13.4. The summed E-state index contributed by atoms with van der Waals surface area (Å²) >= 11 is 0. The van der Waals surface area contributed by atoms with Crippen molar-refractivity contribution in [2.24, 2.45) is 23.7 Å². The fourth-order valence-electron chi connectivity index (χ4n) is 4.69. The van der Waals surface area contributed by atoms with Crippen LogP contribution in [0.4, 0.5) is 4.39 Å². The zero-order valence-corrected chi connectivity index (χ0v) is 21.3. The van der Waals surface area contributed by atoms with E-state index in [2.05, 4.69) is 65.9 Å². The molecule has 7 atom stereocenters. The van der Waals surface area contributed by atoms with Crippen molar-refractivity contribution >= 4 is 14.0 Å². The first-order valence-corrected chi connectivity index (χ1v) is 14.6. The fourth-order valence-corrected chi connectivity index (χ4v) is 6.26. The first kappa shape index (κ1) is 28.4. The van der Waals surface area contributed by atoms with E-state index in [9.17, 15) is 9.50 Å². The molecule has 29 heavy (non-hydrogen) atoms. The molecule has 0 heterocycles. The van der Waals surface area contributed by atoms with Gasteiger partial charge in [-0.1, -0.05) is 53.4 Å². The van der Waals surface area contributed by atoms with Gasteiger partial charge in [0.15, 0.2) is 5.97 Å². The molecule has 172 valence electrons. The maximum absolute atomic E-state index is 13.4. The summed E-state index contributed by atoms with van der Waals surface area (Å²) in [6.07, 6.45) is 2.88. The highest BCUT2D eigenvalue weighted by molar-refractivity contribution is 6.77. The lowest BCUT2D eigenvalue weighted by atomic mass is 9.80. The number of halogens is 1. The van der Waals surface area contributed by atoms with Crippen molar-refractivity contribution in [2.45, 2.75) is 77.8 Å². The number of aliphatic hydroxyl groups excluding tert-OH is 1. The zero-order valence-electron chi connectivity index (χ0n) is 20.3. The van der Waals surface area contributed by atoms with Gasteiger partial charge in [-0.15, -0.1) is 6.58 Å². The van der Waals surface area contributed by atoms with Gasteiger partial charge in [-0.05, 0) is 36.8 Å². The summed E-state index contributed by atoms with van der Waals surface area (Å²) in [5.74, 6) is -0.0156. The minimum Gasteiger partial charge on any atom is -0.396 e. The van der Waals surface area contributed by atoms with Crippen LogP contribution in [0.1, 0.15) is 40.5 Å². The number of nitrogens with zero attached hydrogens (tertiary/aromatic N) is 1. The number of methoxy groups -OCH3 is 1. The third-order valence-corrected chi connectivity index (χ3v) is 10.1. The molecule has 0 amide bonds. The summed E-state index contributed by atoms with van der Waals surface area (Å²) in [7, 11) is 2.40. The zero-order chi connectivity index (χ0) is 22.9. The minimum absolute atomic E-state index is 0.0807. The van der Waals surface area contributed by atoms with Gasteiger partial charge in [0.2, 0.25) is 0 Å². The molecular formula is C23H47FN2O2Si. The Balaban J connectivity index is 6.16. The van der Waals surface area contributed by atoms with Gasteiger partial charge in [0.05, 0.1) is 6.61 Å². The minimum atomic E-state index is -1.49. The first-order valence-electron chi connectivity index (χ1n) is 11.0. The monoisotopic (exact) mass is 430 g/mol. The number of aliphatic hydroxyl groups is 1. The SMILES string of the molecule is C=CC(COC)C(C(C)CCO)N(C)[C@@H]([C@H](C)C(C)CC(=N)F)[C@@H](C)[Si](C)(C)C. The molecule has 0 bridgehead atoms. The molecule has 0 fully saturated rings. The van der Waals surface area contributed by atoms with E-state index in [1.165, 1.54) is 0 Å². The number of nitrogens with one attached hydrogen (secondary N) is 1. The van der Waals surface area contributed by atoms with E-state index in [1.54, 1.807) is 7.11 Å². The highest BCUT2D eigenvalue weighted by atomic mass is 28.3. The maximum Gasteiger partial charge on any atom is 0.181 e. The average Bonchev–Trinajstić information content (AvgIpc) is 2.60. The number of hydrogen-bond acceptors (Lipinski definition) is 4. The molecule has 6 heteroatoms. The number of ether oxygens (including phenoxy) is 1. The van der Waals surface area contributed by atoms with E-state index < -0.39 is 14.0 Å². The van der Waals surface area contributed by atoms with Crippen molar-refractivity contribution in [3.8, 4) is 0 Å². The second kappa shape index (κ2) is 13.0. The Morgan fingerprint density at radius 1 is 1.17 bits per heavy atom. The van der Waals surface area contributed by atoms with E-state index in [1.807, 2.05) is 6.08 Å². The van der Waals surface area contributed by atoms with Gasteiger partial charge in [-0.25, -0.2) is 0 Å². The van der Waals surface area contributed by atoms with Gasteiger partial charge in [-0.2, -0.15) is 4.39 Å². The summed E-state index contributed by atoms with van der Waals surface area (Å²) in [6.45, 7) is 20.8. The summed E-state index contributed by atoms with van der Waals surface area (Å²) in [5, 5.41) is 16.9. The van der Waals surface area contributed by atoms with E-state index in [0.29, 0.717) is 12.1 Å². The van der Waals surface area contributed by atoms with Crippen LogP contribution in [-0.4, -0.2) is 63.5 Å². The lowest BCUT2D eigenvalue weighted by molar-refractivity contribution is 0.0222. The fraction of sp³-hybridized carbons (Fsp3) is 0.870. The molecule has 0 saturated heterocycles. The van der Waals surface area contributed by atoms with E-state index in [4.69, 9.17) is 10.1 Å². The van der Waals surface area contributed by atoms with E-state index in [0.717, 1.165) is 6.42 Å². The molecule has 0 aromatic rings. The van der Waals surface area contributed by atoms with Crippen LogP contribution in [0.15, 0.2) is 12.7 Å². The van der Waals surface area contributed by atoms with Gasteiger partial charge >= 0.3 is 0 Å². The third kappa shape index (κ3) is 8.60. The number of hydrogen-bond donors (Lipinski definition) is 2. The lowest BCUT2D eigenvalue weighted by Crippen LogP contribution is -2.55. The Hall–Kier alpha value is -0.563. The molecule has 4 unspecified atom stereocenters. The van der Waals surface area contributed by atoms with Gasteiger partial charge in [0.25, 0.3) is 0 Å². The Labute approximate surface area is 180 Å². The Kier molecular flexibility index (Phi) is 12.7. The molecule has 0 aliphatic carbocycles. The van der Waals surface area contributed by atoms with Crippen molar-refractivity contribution in [3.05, 3.63) is 12.7 Å². The summed E-state index contributed by atoms with van der Waals surface area (Å²) in [6, 6.07) is 0.421. The van der Waals surface area contributed by atoms with Crippen molar-refractivity contribution in [2.75, 3.05) is 27.4 Å². The second-order valence-corrected chi connectivity index (χ2v) is 15.7. The van der Waals surface area contributed by atoms with E-state index in [-0.39, 0.29) is 48.8 Å². The molecular weight excluding hydrogens is 383 g/mol. The van der Waals surface area contributed by atoms with Crippen LogP contribution >= 0.6 is 0 Å². The van der Waals surface area contributed by atoms with Gasteiger partial charge in [-0.3, -0.25) is 10.3 Å². The third-order valence-electron chi connectivity index (χ3n) is 7.02. The normalized spacial score (nSPS) is 19.9. The summed E-state index contributed by atoms with van der Waals surface area (Å²) < 4.78 is 18.9. The van der Waals surface area contributed by atoms with Crippen LogP contribution in [-0.2, 0) is 4.74 Å². The van der Waals surface area contributed by atoms with Gasteiger partial charge in [0.1, 0.15) is 0 Å². The van der Waals surface area contributed by atoms with Crippen LogP contribution in [0, 0.1) is 29.1 Å². The lowest BCUT2D eigenvalue weighted by Gasteiger charge is -2.49. The van der Waals surface area contributed by atoms with Crippen molar-refractivity contribution in [1.29, 1.82) is 5.41 Å². The quantitative estimate of drug-likeness (QED) is 0.206. The average molecular weight is 431 g/mol. The molecule has 0 aromatic carbocycles. The summed E-state index contributed by atoms with van der Waals surface area (Å²) in [5.41, 5.74) is 0.482. The molecule has 0 aliphatic rings. The molecule has 0 aromatic heterocycles. The highest BCUT2D eigenvalue weighted by Gasteiger charge is 2.42. The van der Waals surface area contributed by atoms with Crippen molar-refractivity contribution < 1.29 is 14.2 Å².